The molecule has 0 fully saturated rings. The minimum Gasteiger partial charge on any atom is -0.740 e. The van der Waals surface area contributed by atoms with E-state index in [0.29, 0.717) is 0 Å². The minimum absolute atomic E-state index is 0.898. The van der Waals surface area contributed by atoms with Crippen LogP contribution in [0.4, 0.5) is 4.79 Å². The zero-order valence-electron chi connectivity index (χ0n) is 6.15. The maximum atomic E-state index is 10.5. The second-order valence-corrected chi connectivity index (χ2v) is 2.32. The second-order valence-electron chi connectivity index (χ2n) is 1.74. The van der Waals surface area contributed by atoms with E-state index in [4.69, 9.17) is 0 Å². The number of carbonyl (C=O) groups is 1. The average molecular weight is 204 g/mol. The predicted octanol–water partition coefficient (Wildman–Crippen LogP) is -1.27. The molecule has 0 aliphatic carbocycles. The van der Waals surface area contributed by atoms with Gasteiger partial charge in [0.2, 0.25) is 0 Å². The summed E-state index contributed by atoms with van der Waals surface area (Å²) in [6.07, 6.45) is 2.61. The van der Waals surface area contributed by atoms with Gasteiger partial charge in [-0.05, 0) is 4.73 Å². The van der Waals surface area contributed by atoms with Gasteiger partial charge in [-0.1, -0.05) is 4.98 Å². The molecular weight excluding hydrogens is 200 g/mol. The molecule has 0 bridgehead atoms. The van der Waals surface area contributed by atoms with Crippen molar-refractivity contribution in [2.45, 2.75) is 0 Å². The largest absolute Gasteiger partial charge is 0.740 e. The molecule has 0 aliphatic rings. The molecular formula is C5H4N2O5S. The average Bonchev–Trinajstić information content (AvgIpc) is 2.04. The molecule has 0 N–H and O–H groups in total. The first-order valence-corrected chi connectivity index (χ1v) is 3.99. The molecule has 1 atom stereocenters. The van der Waals surface area contributed by atoms with E-state index in [1.165, 1.54) is 18.5 Å². The summed E-state index contributed by atoms with van der Waals surface area (Å²) in [5.41, 5.74) is 0. The molecule has 0 saturated carbocycles. The normalized spacial score (nSPS) is 11.8. The highest BCUT2D eigenvalue weighted by Crippen LogP contribution is 1.80. The Morgan fingerprint density at radius 3 is 2.92 bits per heavy atom. The topological polar surface area (TPSA) is 92.4 Å². The molecule has 0 saturated heterocycles. The number of aromatic nitrogens is 2. The number of rotatable bonds is 2. The lowest BCUT2D eigenvalue weighted by Gasteiger charge is -2.02. The van der Waals surface area contributed by atoms with Crippen molar-refractivity contribution in [3.05, 3.63) is 24.8 Å². The minimum atomic E-state index is -2.93. The molecule has 8 heteroatoms. The van der Waals surface area contributed by atoms with E-state index in [9.17, 15) is 13.6 Å². The summed E-state index contributed by atoms with van der Waals surface area (Å²) in [6.45, 7) is 0. The van der Waals surface area contributed by atoms with E-state index in [-0.39, 0.29) is 0 Å². The van der Waals surface area contributed by atoms with Crippen molar-refractivity contribution in [1.29, 1.82) is 0 Å². The van der Waals surface area contributed by atoms with Crippen LogP contribution in [0.15, 0.2) is 24.8 Å². The van der Waals surface area contributed by atoms with Crippen molar-refractivity contribution < 1.29 is 27.3 Å². The molecule has 0 amide bonds. The number of carbonyl (C=O) groups excluding carboxylic acids is 1. The number of hydrogen-bond donors (Lipinski definition) is 0. The Hall–Kier alpha value is -1.54. The number of nitrogens with zero attached hydrogens (tertiary/aromatic N) is 2. The van der Waals surface area contributed by atoms with Crippen LogP contribution in [-0.2, 0) is 15.5 Å². The third-order valence-electron chi connectivity index (χ3n) is 0.902. The molecule has 13 heavy (non-hydrogen) atoms. The molecule has 1 aromatic rings. The first-order valence-electron chi connectivity index (χ1n) is 2.99. The first-order chi connectivity index (χ1) is 6.18. The molecule has 1 aromatic heterocycles. The molecule has 7 nitrogen and oxygen atoms in total. The lowest BCUT2D eigenvalue weighted by atomic mass is 10.7. The fraction of sp³-hybridized carbons (Fsp3) is 0. The van der Waals surface area contributed by atoms with Crippen LogP contribution in [0.2, 0.25) is 0 Å². The third-order valence-corrected chi connectivity index (χ3v) is 1.17. The van der Waals surface area contributed by atoms with Gasteiger partial charge in [-0.25, -0.2) is 9.05 Å². The van der Waals surface area contributed by atoms with E-state index in [2.05, 4.69) is 14.0 Å². The van der Waals surface area contributed by atoms with Gasteiger partial charge < -0.3 is 8.74 Å². The van der Waals surface area contributed by atoms with Gasteiger partial charge in [0, 0.05) is 6.07 Å². The fourth-order valence-electron chi connectivity index (χ4n) is 0.527. The fourth-order valence-corrected chi connectivity index (χ4v) is 0.668. The Morgan fingerprint density at radius 1 is 1.62 bits per heavy atom. The Labute approximate surface area is 75.4 Å². The van der Waals surface area contributed by atoms with Crippen LogP contribution in [0, 0.1) is 0 Å². The van der Waals surface area contributed by atoms with Crippen molar-refractivity contribution in [1.82, 2.24) is 4.98 Å². The second kappa shape index (κ2) is 4.48. The van der Waals surface area contributed by atoms with Crippen LogP contribution >= 0.6 is 0 Å². The summed E-state index contributed by atoms with van der Waals surface area (Å²) < 4.78 is 24.3. The maximum Gasteiger partial charge on any atom is 0.565 e. The van der Waals surface area contributed by atoms with Crippen LogP contribution < -0.4 is 9.57 Å². The van der Waals surface area contributed by atoms with E-state index in [1.807, 2.05) is 0 Å². The van der Waals surface area contributed by atoms with Crippen LogP contribution in [0.1, 0.15) is 0 Å². The van der Waals surface area contributed by atoms with Gasteiger partial charge >= 0.3 is 12.5 Å². The van der Waals surface area contributed by atoms with Gasteiger partial charge in [0.1, 0.15) is 23.8 Å². The molecule has 0 radical (unpaired) electrons. The van der Waals surface area contributed by atoms with Gasteiger partial charge in [-0.3, -0.25) is 0 Å². The standard InChI is InChI=1S/C5H4N2O5S/c8-5(12-13(9)10)11-7-3-1-2-6-4-7/h1-4H. The van der Waals surface area contributed by atoms with Crippen molar-refractivity contribution in [3.8, 4) is 0 Å². The van der Waals surface area contributed by atoms with E-state index in [0.717, 1.165) is 11.1 Å². The van der Waals surface area contributed by atoms with Crippen LogP contribution in [-0.4, -0.2) is 19.9 Å². The zero-order valence-corrected chi connectivity index (χ0v) is 6.97. The molecule has 0 spiro atoms. The van der Waals surface area contributed by atoms with E-state index < -0.39 is 17.5 Å². The Bertz CT molecular complexity index is 316. The smallest absolute Gasteiger partial charge is 0.565 e. The highest BCUT2D eigenvalue weighted by atomic mass is 32.2. The lowest BCUT2D eigenvalue weighted by Crippen LogP contribution is -2.45. The van der Waals surface area contributed by atoms with Crippen molar-refractivity contribution >= 4 is 17.5 Å². The van der Waals surface area contributed by atoms with Gasteiger partial charge in [-0.15, -0.1) is 0 Å². The van der Waals surface area contributed by atoms with Crippen LogP contribution in [0.25, 0.3) is 0 Å². The summed E-state index contributed by atoms with van der Waals surface area (Å²) in [4.78, 5) is 18.5. The van der Waals surface area contributed by atoms with Crippen molar-refractivity contribution in [2.24, 2.45) is 0 Å². The SMILES string of the molecule is O=C(O[n+]1cccnc1)OS(=O)[O-]. The molecule has 70 valence electrons. The summed E-state index contributed by atoms with van der Waals surface area (Å²) in [6, 6.07) is 1.49. The van der Waals surface area contributed by atoms with E-state index in [1.54, 1.807) is 0 Å². The predicted molar refractivity (Wildman–Crippen MR) is 36.4 cm³/mol. The summed E-state index contributed by atoms with van der Waals surface area (Å²) >= 11 is -2.93. The Balaban J connectivity index is 2.50. The van der Waals surface area contributed by atoms with Crippen LogP contribution in [0.3, 0.4) is 0 Å². The Morgan fingerprint density at radius 2 is 2.38 bits per heavy atom. The van der Waals surface area contributed by atoms with Gasteiger partial charge in [-0.2, -0.15) is 4.79 Å². The van der Waals surface area contributed by atoms with Gasteiger partial charge in [0.05, 0.1) is 0 Å². The highest BCUT2D eigenvalue weighted by Gasteiger charge is 2.09. The number of hydrogen-bond acceptors (Lipinski definition) is 6. The van der Waals surface area contributed by atoms with E-state index >= 15 is 0 Å². The molecule has 1 rings (SSSR count). The quantitative estimate of drug-likeness (QED) is 0.440. The Kier molecular flexibility index (Phi) is 3.29. The summed E-state index contributed by atoms with van der Waals surface area (Å²) in [5, 5.41) is 0. The zero-order chi connectivity index (χ0) is 9.68. The summed E-state index contributed by atoms with van der Waals surface area (Å²) in [7, 11) is 0. The third kappa shape index (κ3) is 3.58. The van der Waals surface area contributed by atoms with Gasteiger partial charge in [0.15, 0.2) is 0 Å². The first kappa shape index (κ1) is 9.55. The summed E-state index contributed by atoms with van der Waals surface area (Å²) in [5.74, 6) is 0. The van der Waals surface area contributed by atoms with Crippen molar-refractivity contribution in [2.75, 3.05) is 0 Å². The highest BCUT2D eigenvalue weighted by molar-refractivity contribution is 7.74. The van der Waals surface area contributed by atoms with Crippen LogP contribution in [0.5, 0.6) is 0 Å². The molecule has 1 unspecified atom stereocenters. The monoisotopic (exact) mass is 204 g/mol. The van der Waals surface area contributed by atoms with Crippen molar-refractivity contribution in [3.63, 3.8) is 0 Å². The molecule has 1 heterocycles. The maximum absolute atomic E-state index is 10.5. The lowest BCUT2D eigenvalue weighted by molar-refractivity contribution is -0.872. The molecule has 0 aromatic carbocycles. The molecule has 0 aliphatic heterocycles. The van der Waals surface area contributed by atoms with Gasteiger partial charge in [0.25, 0.3) is 0 Å².